The third kappa shape index (κ3) is 20.9. The van der Waals surface area contributed by atoms with Crippen LogP contribution in [-0.4, -0.2) is 203 Å². The number of aromatic amines is 2. The largest absolute Gasteiger partial charge is 0.481 e. The molecule has 11 atom stereocenters. The molecule has 91 heavy (non-hydrogen) atoms. The number of aliphatic hydroxyl groups is 1. The molecule has 0 bridgehead atoms. The summed E-state index contributed by atoms with van der Waals surface area (Å²) in [5, 5.41) is 62.9. The first kappa shape index (κ1) is 73.0. The van der Waals surface area contributed by atoms with Crippen molar-refractivity contribution in [2.75, 3.05) is 24.6 Å². The number of carbonyl (C=O) groups excluding carboxylic acids is 10. The van der Waals surface area contributed by atoms with Gasteiger partial charge in [0.25, 0.3) is 0 Å². The van der Waals surface area contributed by atoms with Gasteiger partial charge in [-0.3, -0.25) is 57.5 Å². The van der Waals surface area contributed by atoms with Crippen LogP contribution >= 0.6 is 25.3 Å². The SMILES string of the molecule is CC(C)[C@H](NC(=O)[C@H](CCC(=O)O)NC(=O)[C@@H](N)CS)C(=O)N[C@@H](Cc1c[nH]c2ccccc12)C(=O)NCC(=O)N[C@@H](CCC(=O)O)C(=O)N[C@H](C(=O)N1CCC[C@H]1C(=O)N[C@@H](Cc1c[nH]c2ccccc12)C(=O)N[C@H](C(=O)N[C@@H](CS)C(=O)O)[C@@H](C)O)C(C)C. The predicted octanol–water partition coefficient (Wildman–Crippen LogP) is -1.89. The van der Waals surface area contributed by atoms with Gasteiger partial charge in [-0.2, -0.15) is 25.3 Å². The molecule has 4 aromatic rings. The number of likely N-dealkylation sites (tertiary alicyclic amines) is 1. The molecular weight excluding hydrogens is 1230 g/mol. The number of carboxylic acids is 3. The Labute approximate surface area is 534 Å². The second-order valence-corrected chi connectivity index (χ2v) is 23.5. The van der Waals surface area contributed by atoms with Crippen LogP contribution in [0.2, 0.25) is 0 Å². The summed E-state index contributed by atoms with van der Waals surface area (Å²) in [5.41, 5.74) is 8.26. The Kier molecular flexibility index (Phi) is 27.6. The third-order valence-corrected chi connectivity index (χ3v) is 15.9. The number of thiol groups is 2. The standard InChI is InChI=1S/C59H81N13O17S2/c1-28(2)47(69-53(82)39(17-19-46(77)78)65-50(79)35(60)26-90)56(85)67-40(21-31-23-61-36-13-8-6-11-33(31)36)51(80)63-25-44(74)64-38(16-18-45(75)76)52(81)70-48(29(3)4)58(87)72-20-10-15-43(72)55(84)66-41(22-32-24-62-37-14-9-7-12-34(32)37)54(83)71-49(30(5)73)57(86)68-42(27-91)59(88)89/h6-9,11-14,23-24,28-30,35,38-43,47-49,61-62,73,90-91H,10,15-22,25-27,60H2,1-5H3,(H,63,80)(H,64,74)(H,65,79)(H,66,84)(H,67,85)(H,68,86)(H,69,82)(H,70,81)(H,71,83)(H,75,76)(H,77,78)(H,88,89)/t30-,35+,38+,39+,40+,41+,42+,43+,47+,48+,49+/m1/s1. The van der Waals surface area contributed by atoms with Crippen molar-refractivity contribution in [1.82, 2.24) is 62.7 Å². The Morgan fingerprint density at radius 2 is 1.02 bits per heavy atom. The summed E-state index contributed by atoms with van der Waals surface area (Å²) in [7, 11) is 0. The first-order valence-electron chi connectivity index (χ1n) is 29.5. The van der Waals surface area contributed by atoms with Gasteiger partial charge in [0.1, 0.15) is 54.4 Å². The number of hydrogen-bond donors (Lipinski definition) is 18. The minimum atomic E-state index is -1.70. The number of fused-ring (bicyclic) bond motifs is 2. The molecule has 3 heterocycles. The number of benzene rings is 2. The molecule has 10 amide bonds. The van der Waals surface area contributed by atoms with Crippen molar-refractivity contribution >= 4 is 124 Å². The van der Waals surface area contributed by atoms with Gasteiger partial charge in [-0.15, -0.1) is 0 Å². The van der Waals surface area contributed by atoms with Crippen LogP contribution in [0, 0.1) is 11.8 Å². The molecule has 0 saturated carbocycles. The van der Waals surface area contributed by atoms with Gasteiger partial charge in [0.05, 0.1) is 18.7 Å². The molecule has 30 nitrogen and oxygen atoms in total. The van der Waals surface area contributed by atoms with Crippen molar-refractivity contribution in [3.8, 4) is 0 Å². The minimum Gasteiger partial charge on any atom is -0.481 e. The van der Waals surface area contributed by atoms with Crippen LogP contribution < -0.4 is 53.6 Å². The number of nitrogens with zero attached hydrogens (tertiary/aromatic N) is 1. The second-order valence-electron chi connectivity index (χ2n) is 22.8. The summed E-state index contributed by atoms with van der Waals surface area (Å²) < 4.78 is 0. The smallest absolute Gasteiger partial charge is 0.327 e. The highest BCUT2D eigenvalue weighted by Gasteiger charge is 2.42. The number of hydrogen-bond acceptors (Lipinski definition) is 17. The normalized spacial score (nSPS) is 16.3. The van der Waals surface area contributed by atoms with E-state index in [0.29, 0.717) is 32.9 Å². The van der Waals surface area contributed by atoms with E-state index in [1.165, 1.54) is 11.8 Å². The van der Waals surface area contributed by atoms with Gasteiger partial charge in [-0.1, -0.05) is 64.1 Å². The average molecular weight is 1310 g/mol. The van der Waals surface area contributed by atoms with Gasteiger partial charge < -0.3 is 88.9 Å². The van der Waals surface area contributed by atoms with Crippen LogP contribution in [-0.2, 0) is 75.2 Å². The van der Waals surface area contributed by atoms with Crippen molar-refractivity contribution in [3.05, 3.63) is 72.1 Å². The molecular formula is C59H81N13O17S2. The Hall–Kier alpha value is -8.75. The molecule has 0 radical (unpaired) electrons. The van der Waals surface area contributed by atoms with Gasteiger partial charge in [0.2, 0.25) is 59.1 Å². The van der Waals surface area contributed by atoms with Gasteiger partial charge in [0, 0.05) is 77.9 Å². The molecule has 2 aromatic heterocycles. The number of amides is 10. The first-order chi connectivity index (χ1) is 43.0. The summed E-state index contributed by atoms with van der Waals surface area (Å²) in [6, 6.07) is -0.223. The highest BCUT2D eigenvalue weighted by Crippen LogP contribution is 2.24. The number of para-hydroxylation sites is 2. The van der Waals surface area contributed by atoms with Crippen molar-refractivity contribution in [1.29, 1.82) is 0 Å². The number of nitrogens with two attached hydrogens (primary N) is 1. The van der Waals surface area contributed by atoms with E-state index < -0.39 is 181 Å². The molecule has 0 unspecified atom stereocenters. The predicted molar refractivity (Wildman–Crippen MR) is 336 cm³/mol. The number of aliphatic hydroxyl groups excluding tert-OH is 1. The molecule has 5 rings (SSSR count). The van der Waals surface area contributed by atoms with E-state index in [-0.39, 0.29) is 50.2 Å². The van der Waals surface area contributed by atoms with Gasteiger partial charge in [-0.05, 0) is 67.7 Å². The zero-order valence-corrected chi connectivity index (χ0v) is 52.6. The lowest BCUT2D eigenvalue weighted by atomic mass is 9.99. The maximum Gasteiger partial charge on any atom is 0.327 e. The molecule has 1 saturated heterocycles. The second kappa shape index (κ2) is 34.4. The Bertz CT molecular complexity index is 3300. The Balaban J connectivity index is 1.32. The lowest BCUT2D eigenvalue weighted by Crippen LogP contribution is -2.61. The quantitative estimate of drug-likeness (QED) is 0.0224. The fourth-order valence-electron chi connectivity index (χ4n) is 10.1. The van der Waals surface area contributed by atoms with E-state index in [4.69, 9.17) is 5.73 Å². The number of carboxylic acid groups (broad SMARTS) is 3. The van der Waals surface area contributed by atoms with Gasteiger partial charge in [0.15, 0.2) is 0 Å². The van der Waals surface area contributed by atoms with E-state index in [1.807, 2.05) is 0 Å². The van der Waals surface area contributed by atoms with Crippen molar-refractivity contribution in [2.24, 2.45) is 17.6 Å². The van der Waals surface area contributed by atoms with E-state index in [1.54, 1.807) is 88.6 Å². The van der Waals surface area contributed by atoms with E-state index in [9.17, 15) is 82.8 Å². The van der Waals surface area contributed by atoms with Crippen LogP contribution in [0.3, 0.4) is 0 Å². The van der Waals surface area contributed by atoms with Gasteiger partial charge in [-0.25, -0.2) is 4.79 Å². The topological polar surface area (TPSA) is 472 Å². The highest BCUT2D eigenvalue weighted by atomic mass is 32.1. The Morgan fingerprint density at radius 3 is 1.52 bits per heavy atom. The number of rotatable bonds is 35. The number of carbonyl (C=O) groups is 13. The molecule has 2 aromatic carbocycles. The molecule has 0 aliphatic carbocycles. The zero-order chi connectivity index (χ0) is 67.4. The summed E-state index contributed by atoms with van der Waals surface area (Å²) in [6.07, 6.45) is -0.403. The molecule has 496 valence electrons. The lowest BCUT2D eigenvalue weighted by molar-refractivity contribution is -0.144. The fourth-order valence-corrected chi connectivity index (χ4v) is 10.5. The Morgan fingerprint density at radius 1 is 0.560 bits per heavy atom. The number of aliphatic carboxylic acids is 3. The van der Waals surface area contributed by atoms with Crippen LogP contribution in [0.1, 0.15) is 84.3 Å². The summed E-state index contributed by atoms with van der Waals surface area (Å²) in [6.45, 7) is 6.68. The van der Waals surface area contributed by atoms with Crippen LogP contribution in [0.15, 0.2) is 60.9 Å². The zero-order valence-electron chi connectivity index (χ0n) is 50.8. The summed E-state index contributed by atoms with van der Waals surface area (Å²) >= 11 is 7.96. The van der Waals surface area contributed by atoms with E-state index >= 15 is 0 Å². The summed E-state index contributed by atoms with van der Waals surface area (Å²) in [5.74, 6) is -14.9. The van der Waals surface area contributed by atoms with E-state index in [0.717, 1.165) is 0 Å². The summed E-state index contributed by atoms with van der Waals surface area (Å²) in [4.78, 5) is 182. The molecule has 0 spiro atoms. The van der Waals surface area contributed by atoms with Crippen LogP contribution in [0.5, 0.6) is 0 Å². The maximum atomic E-state index is 14.6. The first-order valence-corrected chi connectivity index (χ1v) is 30.7. The van der Waals surface area contributed by atoms with Crippen LogP contribution in [0.25, 0.3) is 21.8 Å². The van der Waals surface area contributed by atoms with Gasteiger partial charge >= 0.3 is 17.9 Å². The monoisotopic (exact) mass is 1310 g/mol. The minimum absolute atomic E-state index is 0.00412. The van der Waals surface area contributed by atoms with Crippen molar-refractivity contribution < 1.29 is 82.8 Å². The molecule has 32 heteroatoms. The third-order valence-electron chi connectivity index (χ3n) is 15.2. The average Bonchev–Trinajstić information content (AvgIpc) is 2.00. The molecule has 17 N–H and O–H groups in total. The molecule has 1 aliphatic heterocycles. The van der Waals surface area contributed by atoms with Crippen molar-refractivity contribution in [2.45, 2.75) is 153 Å². The molecule has 1 aliphatic rings. The van der Waals surface area contributed by atoms with E-state index in [2.05, 4.69) is 83.1 Å². The highest BCUT2D eigenvalue weighted by molar-refractivity contribution is 7.80. The van der Waals surface area contributed by atoms with Crippen LogP contribution in [0.4, 0.5) is 0 Å². The van der Waals surface area contributed by atoms with Crippen molar-refractivity contribution in [3.63, 3.8) is 0 Å². The molecule has 1 fully saturated rings. The fraction of sp³-hybridized carbons (Fsp3) is 0.508. The lowest BCUT2D eigenvalue weighted by Gasteiger charge is -2.32. The number of aromatic nitrogens is 2. The number of nitrogens with one attached hydrogen (secondary N) is 11. The maximum absolute atomic E-state index is 14.6. The number of H-pyrrole nitrogens is 2.